The van der Waals surface area contributed by atoms with Gasteiger partial charge in [-0.15, -0.1) is 22.7 Å². The fraction of sp³-hybridized carbons (Fsp3) is 0.143. The van der Waals surface area contributed by atoms with Crippen LogP contribution in [0.15, 0.2) is 59.3 Å². The maximum atomic E-state index is 11.6. The van der Waals surface area contributed by atoms with Crippen LogP contribution >= 0.6 is 22.7 Å². The van der Waals surface area contributed by atoms with Gasteiger partial charge in [-0.2, -0.15) is 0 Å². The lowest BCUT2D eigenvalue weighted by molar-refractivity contribution is 0.0696. The van der Waals surface area contributed by atoms with Gasteiger partial charge in [-0.3, -0.25) is 0 Å². The van der Waals surface area contributed by atoms with Gasteiger partial charge in [0, 0.05) is 16.0 Å². The molecule has 28 heavy (non-hydrogen) atoms. The molecule has 0 bridgehead atoms. The molecule has 0 aliphatic carbocycles. The normalized spacial score (nSPS) is 10.9. The number of nitrogens with zero attached hydrogens (tertiary/aromatic N) is 2. The van der Waals surface area contributed by atoms with Crippen molar-refractivity contribution in [1.29, 1.82) is 0 Å². The van der Waals surface area contributed by atoms with Crippen molar-refractivity contribution in [3.8, 4) is 17.1 Å². The van der Waals surface area contributed by atoms with Crippen LogP contribution in [0.5, 0.6) is 5.75 Å². The van der Waals surface area contributed by atoms with E-state index in [1.807, 2.05) is 58.6 Å². The lowest BCUT2D eigenvalue weighted by Crippen LogP contribution is -2.05. The number of carboxylic acid groups (broad SMARTS) is 1. The van der Waals surface area contributed by atoms with Gasteiger partial charge in [0.25, 0.3) is 0 Å². The minimum absolute atomic E-state index is 0.307. The van der Waals surface area contributed by atoms with Gasteiger partial charge in [0.15, 0.2) is 0 Å². The molecular formula is C21H18N2O3S2. The van der Waals surface area contributed by atoms with Crippen molar-refractivity contribution in [2.45, 2.75) is 20.1 Å². The van der Waals surface area contributed by atoms with Crippen molar-refractivity contribution < 1.29 is 14.6 Å². The molecule has 4 rings (SSSR count). The van der Waals surface area contributed by atoms with Crippen LogP contribution in [0.3, 0.4) is 0 Å². The van der Waals surface area contributed by atoms with E-state index in [1.165, 1.54) is 16.2 Å². The topological polar surface area (TPSA) is 64.3 Å². The molecule has 0 unspecified atom stereocenters. The first kappa shape index (κ1) is 18.5. The number of para-hydroxylation sites is 1. The standard InChI is InChI=1S/C21H18N2O3S2/c1-14-17(21(24)25)10-19(23(14)11-16-8-5-9-27-16)18-13-28-20(22-18)12-26-15-6-3-2-4-7-15/h2-10,13H,11-12H2,1H3,(H,24,25). The number of hydrogen-bond acceptors (Lipinski definition) is 5. The van der Waals surface area contributed by atoms with Crippen molar-refractivity contribution in [2.24, 2.45) is 0 Å². The first-order valence-corrected chi connectivity index (χ1v) is 10.5. The second-order valence-corrected chi connectivity index (χ2v) is 8.20. The Morgan fingerprint density at radius 3 is 2.71 bits per heavy atom. The third kappa shape index (κ3) is 3.85. The smallest absolute Gasteiger partial charge is 0.337 e. The number of benzene rings is 1. The van der Waals surface area contributed by atoms with Gasteiger partial charge in [-0.25, -0.2) is 9.78 Å². The van der Waals surface area contributed by atoms with E-state index in [2.05, 4.69) is 11.1 Å². The lowest BCUT2D eigenvalue weighted by atomic mass is 10.2. The molecule has 4 aromatic rings. The van der Waals surface area contributed by atoms with Crippen LogP contribution in [-0.4, -0.2) is 20.6 Å². The molecule has 142 valence electrons. The molecule has 3 heterocycles. The Bertz CT molecular complexity index is 1080. The molecule has 0 fully saturated rings. The molecule has 0 aliphatic rings. The van der Waals surface area contributed by atoms with E-state index in [0.29, 0.717) is 18.7 Å². The van der Waals surface area contributed by atoms with E-state index >= 15 is 0 Å². The number of ether oxygens (including phenoxy) is 1. The van der Waals surface area contributed by atoms with Crippen molar-refractivity contribution in [2.75, 3.05) is 0 Å². The molecule has 0 spiro atoms. The second kappa shape index (κ2) is 8.00. The van der Waals surface area contributed by atoms with E-state index in [-0.39, 0.29) is 0 Å². The average Bonchev–Trinajstić information content (AvgIpc) is 3.43. The number of rotatable bonds is 7. The highest BCUT2D eigenvalue weighted by Gasteiger charge is 2.20. The summed E-state index contributed by atoms with van der Waals surface area (Å²) in [4.78, 5) is 17.5. The predicted octanol–water partition coefficient (Wildman–Crippen LogP) is 5.31. The summed E-state index contributed by atoms with van der Waals surface area (Å²) in [6.07, 6.45) is 0. The summed E-state index contributed by atoms with van der Waals surface area (Å²) in [5, 5.41) is 14.4. The number of hydrogen-bond donors (Lipinski definition) is 1. The summed E-state index contributed by atoms with van der Waals surface area (Å²) in [6.45, 7) is 2.84. The Kier molecular flexibility index (Phi) is 5.27. The molecule has 5 nitrogen and oxygen atoms in total. The van der Waals surface area contributed by atoms with E-state index in [0.717, 1.165) is 27.8 Å². The molecule has 3 aromatic heterocycles. The number of thiophene rings is 1. The summed E-state index contributed by atoms with van der Waals surface area (Å²) in [7, 11) is 0. The number of thiazole rings is 1. The fourth-order valence-corrected chi connectivity index (χ4v) is 4.38. The van der Waals surface area contributed by atoms with Gasteiger partial charge >= 0.3 is 5.97 Å². The summed E-state index contributed by atoms with van der Waals surface area (Å²) in [5.41, 5.74) is 2.61. The number of carbonyl (C=O) groups is 1. The van der Waals surface area contributed by atoms with Gasteiger partial charge in [0.1, 0.15) is 17.4 Å². The van der Waals surface area contributed by atoms with Gasteiger partial charge in [0.2, 0.25) is 0 Å². The minimum atomic E-state index is -0.924. The molecule has 0 atom stereocenters. The zero-order valence-corrected chi connectivity index (χ0v) is 16.8. The molecule has 1 N–H and O–H groups in total. The highest BCUT2D eigenvalue weighted by molar-refractivity contribution is 7.10. The monoisotopic (exact) mass is 410 g/mol. The molecule has 0 saturated heterocycles. The van der Waals surface area contributed by atoms with Crippen LogP contribution in [-0.2, 0) is 13.2 Å². The summed E-state index contributed by atoms with van der Waals surface area (Å²) >= 11 is 3.16. The van der Waals surface area contributed by atoms with E-state index in [9.17, 15) is 9.90 Å². The van der Waals surface area contributed by atoms with Crippen molar-refractivity contribution >= 4 is 28.6 Å². The van der Waals surface area contributed by atoms with Crippen LogP contribution in [0.25, 0.3) is 11.4 Å². The third-order valence-corrected chi connectivity index (χ3v) is 6.09. The highest BCUT2D eigenvalue weighted by atomic mass is 32.1. The third-order valence-electron chi connectivity index (χ3n) is 4.41. The highest BCUT2D eigenvalue weighted by Crippen LogP contribution is 2.29. The van der Waals surface area contributed by atoms with E-state index < -0.39 is 5.97 Å². The average molecular weight is 411 g/mol. The van der Waals surface area contributed by atoms with Crippen LogP contribution in [0.1, 0.15) is 25.9 Å². The van der Waals surface area contributed by atoms with Crippen molar-refractivity contribution in [1.82, 2.24) is 9.55 Å². The van der Waals surface area contributed by atoms with Crippen molar-refractivity contribution in [3.05, 3.63) is 80.4 Å². The maximum Gasteiger partial charge on any atom is 0.337 e. The number of aromatic nitrogens is 2. The van der Waals surface area contributed by atoms with Gasteiger partial charge in [0.05, 0.1) is 23.5 Å². The molecular weight excluding hydrogens is 392 g/mol. The van der Waals surface area contributed by atoms with Crippen LogP contribution < -0.4 is 4.74 Å². The second-order valence-electron chi connectivity index (χ2n) is 6.23. The molecule has 0 radical (unpaired) electrons. The lowest BCUT2D eigenvalue weighted by Gasteiger charge is -2.09. The van der Waals surface area contributed by atoms with Gasteiger partial charge < -0.3 is 14.4 Å². The van der Waals surface area contributed by atoms with Crippen molar-refractivity contribution in [3.63, 3.8) is 0 Å². The zero-order valence-electron chi connectivity index (χ0n) is 15.2. The minimum Gasteiger partial charge on any atom is -0.486 e. The number of aromatic carboxylic acids is 1. The predicted molar refractivity (Wildman–Crippen MR) is 111 cm³/mol. The molecule has 7 heteroatoms. The number of carboxylic acids is 1. The maximum absolute atomic E-state index is 11.6. The van der Waals surface area contributed by atoms with E-state index in [4.69, 9.17) is 4.74 Å². The molecule has 0 aliphatic heterocycles. The Hall–Kier alpha value is -2.90. The van der Waals surface area contributed by atoms with E-state index in [1.54, 1.807) is 17.4 Å². The quantitative estimate of drug-likeness (QED) is 0.449. The molecule has 1 aromatic carbocycles. The summed E-state index contributed by atoms with van der Waals surface area (Å²) in [6, 6.07) is 15.4. The summed E-state index contributed by atoms with van der Waals surface area (Å²) < 4.78 is 7.79. The summed E-state index contributed by atoms with van der Waals surface area (Å²) in [5.74, 6) is -0.129. The van der Waals surface area contributed by atoms with Gasteiger partial charge in [-0.05, 0) is 36.6 Å². The van der Waals surface area contributed by atoms with Crippen LogP contribution in [0.4, 0.5) is 0 Å². The largest absolute Gasteiger partial charge is 0.486 e. The SMILES string of the molecule is Cc1c(C(=O)O)cc(-c2csc(COc3ccccc3)n2)n1Cc1cccs1. The Labute approximate surface area is 170 Å². The van der Waals surface area contributed by atoms with Crippen LogP contribution in [0, 0.1) is 6.92 Å². The van der Waals surface area contributed by atoms with Crippen LogP contribution in [0.2, 0.25) is 0 Å². The zero-order chi connectivity index (χ0) is 19.5. The molecule has 0 amide bonds. The fourth-order valence-electron chi connectivity index (χ4n) is 2.99. The Morgan fingerprint density at radius 1 is 1.18 bits per heavy atom. The molecule has 0 saturated carbocycles. The first-order valence-electron chi connectivity index (χ1n) is 8.70. The Balaban J connectivity index is 1.62. The Morgan fingerprint density at radius 2 is 2.00 bits per heavy atom. The van der Waals surface area contributed by atoms with Gasteiger partial charge in [-0.1, -0.05) is 24.3 Å². The first-order chi connectivity index (χ1) is 13.6.